The molecule has 0 fully saturated rings. The maximum atomic E-state index is 12.0. The van der Waals surface area contributed by atoms with Crippen LogP contribution in [-0.4, -0.2) is 9.55 Å². The van der Waals surface area contributed by atoms with Crippen LogP contribution in [0.2, 0.25) is 0 Å². The minimum atomic E-state index is -0.0956. The molecule has 102 valence electrons. The highest BCUT2D eigenvalue weighted by Gasteiger charge is 2.17. The molecule has 0 saturated heterocycles. The minimum absolute atomic E-state index is 0.0238. The molecule has 2 aromatic rings. The molecule has 4 nitrogen and oxygen atoms in total. The number of rotatable bonds is 2. The number of nitrogens with zero attached hydrogens (tertiary/aromatic N) is 2. The summed E-state index contributed by atoms with van der Waals surface area (Å²) < 4.78 is 2.05. The number of anilines is 1. The highest BCUT2D eigenvalue weighted by Crippen LogP contribution is 2.24. The van der Waals surface area contributed by atoms with Crippen LogP contribution in [0.3, 0.4) is 0 Å². The molecule has 0 aliphatic heterocycles. The molecule has 2 heterocycles. The first-order valence-electron chi connectivity index (χ1n) is 5.88. The molecule has 0 radical (unpaired) electrons. The number of thiazole rings is 1. The fraction of sp³-hybridized carbons (Fsp3) is 0.385. The number of nitrogens with two attached hydrogens (primary N) is 1. The maximum Gasteiger partial charge on any atom is 0.265 e. The molecular weight excluding hydrogens is 326 g/mol. The van der Waals surface area contributed by atoms with Gasteiger partial charge in [-0.1, -0.05) is 20.8 Å². The third kappa shape index (κ3) is 3.25. The van der Waals surface area contributed by atoms with E-state index in [1.165, 1.54) is 0 Å². The Hall–Kier alpha value is -1.14. The van der Waals surface area contributed by atoms with Crippen LogP contribution in [0.5, 0.6) is 0 Å². The van der Waals surface area contributed by atoms with Crippen molar-refractivity contribution in [1.29, 1.82) is 0 Å². The van der Waals surface area contributed by atoms with Gasteiger partial charge in [0.15, 0.2) is 0 Å². The molecule has 2 rings (SSSR count). The Morgan fingerprint density at radius 3 is 2.74 bits per heavy atom. The van der Waals surface area contributed by atoms with Gasteiger partial charge in [0.25, 0.3) is 5.56 Å². The predicted molar refractivity (Wildman–Crippen MR) is 82.7 cm³/mol. The van der Waals surface area contributed by atoms with Crippen molar-refractivity contribution in [2.45, 2.75) is 32.7 Å². The number of pyridine rings is 1. The van der Waals surface area contributed by atoms with Crippen LogP contribution in [0, 0.1) is 0 Å². The largest absolute Gasteiger partial charge is 0.398 e. The summed E-state index contributed by atoms with van der Waals surface area (Å²) in [5.74, 6) is 0. The van der Waals surface area contributed by atoms with E-state index in [1.807, 2.05) is 5.38 Å². The highest BCUT2D eigenvalue weighted by atomic mass is 79.9. The highest BCUT2D eigenvalue weighted by molar-refractivity contribution is 9.10. The number of aromatic nitrogens is 2. The van der Waals surface area contributed by atoms with E-state index < -0.39 is 0 Å². The van der Waals surface area contributed by atoms with E-state index in [1.54, 1.807) is 28.2 Å². The van der Waals surface area contributed by atoms with Gasteiger partial charge in [-0.3, -0.25) is 4.79 Å². The van der Waals surface area contributed by atoms with Gasteiger partial charge in [-0.15, -0.1) is 11.3 Å². The molecule has 19 heavy (non-hydrogen) atoms. The molecule has 0 saturated carbocycles. The normalized spacial score (nSPS) is 11.8. The van der Waals surface area contributed by atoms with Crippen LogP contribution >= 0.6 is 27.3 Å². The predicted octanol–water partition coefficient (Wildman–Crippen LogP) is 3.00. The lowest BCUT2D eigenvalue weighted by Gasteiger charge is -2.14. The summed E-state index contributed by atoms with van der Waals surface area (Å²) in [5.41, 5.74) is 7.28. The second kappa shape index (κ2) is 5.09. The number of nitrogen functional groups attached to an aromatic ring is 1. The topological polar surface area (TPSA) is 60.9 Å². The first-order valence-corrected chi connectivity index (χ1v) is 7.55. The van der Waals surface area contributed by atoms with Crippen molar-refractivity contribution in [3.63, 3.8) is 0 Å². The van der Waals surface area contributed by atoms with E-state index in [9.17, 15) is 4.79 Å². The summed E-state index contributed by atoms with van der Waals surface area (Å²) in [6.07, 6.45) is 1.64. The third-order valence-corrected chi connectivity index (χ3v) is 4.09. The summed E-state index contributed by atoms with van der Waals surface area (Å²) in [6, 6.07) is 1.61. The van der Waals surface area contributed by atoms with Gasteiger partial charge in [0.05, 0.1) is 16.7 Å². The monoisotopic (exact) mass is 341 g/mol. The Balaban J connectivity index is 2.32. The Kier molecular flexibility index (Phi) is 3.82. The fourth-order valence-corrected chi connectivity index (χ4v) is 3.12. The quantitative estimate of drug-likeness (QED) is 0.913. The van der Waals surface area contributed by atoms with Crippen molar-refractivity contribution < 1.29 is 0 Å². The summed E-state index contributed by atoms with van der Waals surface area (Å²) in [5, 5.41) is 2.95. The average molecular weight is 342 g/mol. The Morgan fingerprint density at radius 1 is 1.47 bits per heavy atom. The smallest absolute Gasteiger partial charge is 0.265 e. The maximum absolute atomic E-state index is 12.0. The lowest BCUT2D eigenvalue weighted by Crippen LogP contribution is -2.21. The fourth-order valence-electron chi connectivity index (χ4n) is 1.61. The molecular formula is C13H16BrN3OS. The average Bonchev–Trinajstić information content (AvgIpc) is 2.73. The second-order valence-corrected chi connectivity index (χ2v) is 7.23. The van der Waals surface area contributed by atoms with Gasteiger partial charge in [0, 0.05) is 22.7 Å². The molecule has 2 aromatic heterocycles. The zero-order valence-electron chi connectivity index (χ0n) is 11.1. The van der Waals surface area contributed by atoms with E-state index in [2.05, 4.69) is 41.7 Å². The number of hydrogen-bond acceptors (Lipinski definition) is 4. The van der Waals surface area contributed by atoms with Crippen LogP contribution in [0.15, 0.2) is 26.9 Å². The molecule has 0 unspecified atom stereocenters. The molecule has 6 heteroatoms. The van der Waals surface area contributed by atoms with Crippen LogP contribution in [-0.2, 0) is 12.0 Å². The van der Waals surface area contributed by atoms with Crippen molar-refractivity contribution in [2.75, 3.05) is 5.73 Å². The summed E-state index contributed by atoms with van der Waals surface area (Å²) in [4.78, 5) is 16.5. The number of halogens is 1. The van der Waals surface area contributed by atoms with Crippen molar-refractivity contribution in [2.24, 2.45) is 0 Å². The van der Waals surface area contributed by atoms with Gasteiger partial charge < -0.3 is 10.3 Å². The van der Waals surface area contributed by atoms with Crippen LogP contribution in [0.25, 0.3) is 0 Å². The molecule has 0 aliphatic carbocycles. The molecule has 2 N–H and O–H groups in total. The van der Waals surface area contributed by atoms with Crippen LogP contribution in [0.1, 0.15) is 31.5 Å². The third-order valence-electron chi connectivity index (χ3n) is 2.69. The van der Waals surface area contributed by atoms with Crippen LogP contribution < -0.4 is 11.3 Å². The first kappa shape index (κ1) is 14.3. The van der Waals surface area contributed by atoms with Crippen molar-refractivity contribution in [3.05, 3.63) is 43.2 Å². The lowest BCUT2D eigenvalue weighted by atomic mass is 9.93. The van der Waals surface area contributed by atoms with E-state index in [-0.39, 0.29) is 11.0 Å². The second-order valence-electron chi connectivity index (χ2n) is 5.43. The van der Waals surface area contributed by atoms with Crippen molar-refractivity contribution in [3.8, 4) is 0 Å². The summed E-state index contributed by atoms with van der Waals surface area (Å²) >= 11 is 4.78. The molecule has 0 aliphatic rings. The Morgan fingerprint density at radius 2 is 2.16 bits per heavy atom. The van der Waals surface area contributed by atoms with E-state index in [0.717, 1.165) is 10.7 Å². The molecule has 0 amide bonds. The Labute approximate surface area is 124 Å². The van der Waals surface area contributed by atoms with Gasteiger partial charge >= 0.3 is 0 Å². The van der Waals surface area contributed by atoms with E-state index in [0.29, 0.717) is 16.7 Å². The zero-order valence-corrected chi connectivity index (χ0v) is 13.5. The van der Waals surface area contributed by atoms with Gasteiger partial charge in [0.2, 0.25) is 0 Å². The summed E-state index contributed by atoms with van der Waals surface area (Å²) in [6.45, 7) is 6.81. The van der Waals surface area contributed by atoms with Crippen molar-refractivity contribution in [1.82, 2.24) is 9.55 Å². The standard InChI is InChI=1S/C13H16BrN3OS/c1-13(2,3)10-7-19-11(16-10)6-17-5-8(15)4-9(14)12(17)18/h4-5,7H,6,15H2,1-3H3. The van der Waals surface area contributed by atoms with Crippen molar-refractivity contribution >= 4 is 33.0 Å². The molecule has 0 atom stereocenters. The van der Waals surface area contributed by atoms with Gasteiger partial charge in [0.1, 0.15) is 5.01 Å². The SMILES string of the molecule is CC(C)(C)c1csc(Cn2cc(N)cc(Br)c2=O)n1. The number of hydrogen-bond donors (Lipinski definition) is 1. The van der Waals surface area contributed by atoms with E-state index in [4.69, 9.17) is 5.73 Å². The van der Waals surface area contributed by atoms with Crippen LogP contribution in [0.4, 0.5) is 5.69 Å². The van der Waals surface area contributed by atoms with E-state index >= 15 is 0 Å². The lowest BCUT2D eigenvalue weighted by molar-refractivity contribution is 0.569. The zero-order chi connectivity index (χ0) is 14.2. The molecule has 0 bridgehead atoms. The molecule has 0 spiro atoms. The minimum Gasteiger partial charge on any atom is -0.398 e. The molecule has 0 aromatic carbocycles. The van der Waals surface area contributed by atoms with Gasteiger partial charge in [-0.05, 0) is 22.0 Å². The Bertz CT molecular complexity index is 655. The summed E-state index contributed by atoms with van der Waals surface area (Å²) in [7, 11) is 0. The van der Waals surface area contributed by atoms with Gasteiger partial charge in [-0.2, -0.15) is 0 Å². The van der Waals surface area contributed by atoms with Gasteiger partial charge in [-0.25, -0.2) is 4.98 Å². The first-order chi connectivity index (χ1) is 8.77.